The number of benzene rings is 2. The van der Waals surface area contributed by atoms with E-state index < -0.39 is 0 Å². The highest BCUT2D eigenvalue weighted by Crippen LogP contribution is 2.12. The molecular weight excluding hydrogens is 278 g/mol. The second-order valence-corrected chi connectivity index (χ2v) is 6.03. The summed E-state index contributed by atoms with van der Waals surface area (Å²) in [7, 11) is 0. The van der Waals surface area contributed by atoms with Crippen LogP contribution >= 0.6 is 0 Å². The maximum atomic E-state index is 4.43. The molecule has 23 heavy (non-hydrogen) atoms. The monoisotopic (exact) mass is 305 g/mol. The summed E-state index contributed by atoms with van der Waals surface area (Å²) in [4.78, 5) is 4.43. The van der Waals surface area contributed by atoms with Gasteiger partial charge in [-0.3, -0.25) is 4.99 Å². The zero-order chi connectivity index (χ0) is 16.3. The van der Waals surface area contributed by atoms with Gasteiger partial charge in [-0.2, -0.15) is 0 Å². The van der Waals surface area contributed by atoms with Gasteiger partial charge in [-0.25, -0.2) is 0 Å². The first-order valence-corrected chi connectivity index (χ1v) is 8.64. The molecule has 0 aliphatic heterocycles. The number of aryl methyl sites for hydroxylation is 2. The zero-order valence-electron chi connectivity index (χ0n) is 14.3. The van der Waals surface area contributed by atoms with Crippen LogP contribution in [0.5, 0.6) is 0 Å². The van der Waals surface area contributed by atoms with Gasteiger partial charge in [-0.1, -0.05) is 74.2 Å². The van der Waals surface area contributed by atoms with Gasteiger partial charge in [0.15, 0.2) is 0 Å². The number of nitrogens with zero attached hydrogens (tertiary/aromatic N) is 1. The van der Waals surface area contributed by atoms with Crippen molar-refractivity contribution in [2.75, 3.05) is 0 Å². The van der Waals surface area contributed by atoms with Gasteiger partial charge >= 0.3 is 0 Å². The Morgan fingerprint density at radius 1 is 0.870 bits per heavy atom. The van der Waals surface area contributed by atoms with E-state index >= 15 is 0 Å². The molecule has 2 aromatic rings. The Hall–Kier alpha value is -2.15. The van der Waals surface area contributed by atoms with E-state index in [0.29, 0.717) is 0 Å². The van der Waals surface area contributed by atoms with E-state index in [4.69, 9.17) is 0 Å². The summed E-state index contributed by atoms with van der Waals surface area (Å²) in [6.07, 6.45) is 12.4. The predicted molar refractivity (Wildman–Crippen MR) is 103 cm³/mol. The summed E-state index contributed by atoms with van der Waals surface area (Å²) < 4.78 is 0. The molecule has 0 bridgehead atoms. The topological polar surface area (TPSA) is 12.4 Å². The van der Waals surface area contributed by atoms with Gasteiger partial charge in [0.2, 0.25) is 0 Å². The summed E-state index contributed by atoms with van der Waals surface area (Å²) in [6.45, 7) is 4.34. The van der Waals surface area contributed by atoms with Crippen molar-refractivity contribution in [1.29, 1.82) is 0 Å². The Balaban J connectivity index is 1.81. The molecule has 0 radical (unpaired) electrons. The molecule has 0 saturated heterocycles. The van der Waals surface area contributed by atoms with Gasteiger partial charge in [0.1, 0.15) is 0 Å². The van der Waals surface area contributed by atoms with E-state index in [0.717, 1.165) is 5.69 Å². The van der Waals surface area contributed by atoms with Crippen molar-refractivity contribution in [1.82, 2.24) is 0 Å². The average molecular weight is 305 g/mol. The molecular formula is C22H27N. The van der Waals surface area contributed by atoms with Crippen LogP contribution in [0.4, 0.5) is 5.69 Å². The molecule has 0 aliphatic carbocycles. The SMILES string of the molecule is CCCCCCc1ccc(/C=C/C=Nc2ccc(C)cc2)cc1. The molecule has 0 heterocycles. The second kappa shape index (κ2) is 9.78. The molecule has 0 aliphatic rings. The van der Waals surface area contributed by atoms with Gasteiger partial charge in [-0.15, -0.1) is 0 Å². The highest BCUT2D eigenvalue weighted by atomic mass is 14.7. The third kappa shape index (κ3) is 6.65. The largest absolute Gasteiger partial charge is 0.257 e. The second-order valence-electron chi connectivity index (χ2n) is 6.03. The lowest BCUT2D eigenvalue weighted by molar-refractivity contribution is 0.667. The van der Waals surface area contributed by atoms with Gasteiger partial charge in [-0.05, 0) is 49.1 Å². The molecule has 0 saturated carbocycles. The van der Waals surface area contributed by atoms with Crippen LogP contribution < -0.4 is 0 Å². The molecule has 1 nitrogen and oxygen atoms in total. The van der Waals surface area contributed by atoms with Crippen molar-refractivity contribution in [2.24, 2.45) is 4.99 Å². The quantitative estimate of drug-likeness (QED) is 0.388. The third-order valence-corrected chi connectivity index (χ3v) is 3.93. The van der Waals surface area contributed by atoms with Crippen LogP contribution in [0.15, 0.2) is 59.6 Å². The summed E-state index contributed by atoms with van der Waals surface area (Å²) in [5.74, 6) is 0. The zero-order valence-corrected chi connectivity index (χ0v) is 14.3. The van der Waals surface area contributed by atoms with Crippen LogP contribution in [-0.4, -0.2) is 6.21 Å². The lowest BCUT2D eigenvalue weighted by Crippen LogP contribution is -1.85. The molecule has 0 spiro atoms. The van der Waals surface area contributed by atoms with E-state index in [2.05, 4.69) is 61.3 Å². The minimum Gasteiger partial charge on any atom is -0.257 e. The van der Waals surface area contributed by atoms with Gasteiger partial charge in [0.25, 0.3) is 0 Å². The van der Waals surface area contributed by atoms with Crippen LogP contribution in [0.3, 0.4) is 0 Å². The molecule has 0 amide bonds. The summed E-state index contributed by atoms with van der Waals surface area (Å²) >= 11 is 0. The number of hydrogen-bond donors (Lipinski definition) is 0. The molecule has 2 aromatic carbocycles. The molecule has 0 N–H and O–H groups in total. The maximum absolute atomic E-state index is 4.43. The van der Waals surface area contributed by atoms with E-state index in [9.17, 15) is 0 Å². The fourth-order valence-corrected chi connectivity index (χ4v) is 2.47. The first kappa shape index (κ1) is 17.2. The summed E-state index contributed by atoms with van der Waals surface area (Å²) in [5.41, 5.74) is 4.90. The van der Waals surface area contributed by atoms with Crippen molar-refractivity contribution >= 4 is 18.0 Å². The van der Waals surface area contributed by atoms with Gasteiger partial charge < -0.3 is 0 Å². The molecule has 1 heteroatoms. The predicted octanol–water partition coefficient (Wildman–Crippen LogP) is 6.53. The molecule has 2 rings (SSSR count). The lowest BCUT2D eigenvalue weighted by atomic mass is 10.0. The van der Waals surface area contributed by atoms with E-state index in [1.54, 1.807) is 0 Å². The first-order chi connectivity index (χ1) is 11.3. The number of unbranched alkanes of at least 4 members (excludes halogenated alkanes) is 3. The number of aliphatic imine (C=N–C) groups is 1. The van der Waals surface area contributed by atoms with Crippen LogP contribution in [0.25, 0.3) is 6.08 Å². The summed E-state index contributed by atoms with van der Waals surface area (Å²) in [6, 6.07) is 17.1. The Morgan fingerprint density at radius 2 is 1.61 bits per heavy atom. The number of rotatable bonds is 8. The smallest absolute Gasteiger partial charge is 0.0629 e. The Bertz CT molecular complexity index is 618. The highest BCUT2D eigenvalue weighted by molar-refractivity contribution is 5.80. The van der Waals surface area contributed by atoms with Gasteiger partial charge in [0, 0.05) is 6.21 Å². The fraction of sp³-hybridized carbons (Fsp3) is 0.318. The van der Waals surface area contributed by atoms with Crippen molar-refractivity contribution in [2.45, 2.75) is 46.0 Å². The molecule has 0 fully saturated rings. The first-order valence-electron chi connectivity index (χ1n) is 8.64. The standard InChI is InChI=1S/C22H27N/c1-3-4-5-6-8-20-12-14-21(15-13-20)9-7-18-23-22-16-10-19(2)11-17-22/h7,9-18H,3-6,8H2,1-2H3/b9-7+,23-18?. The Morgan fingerprint density at radius 3 is 2.30 bits per heavy atom. The number of hydrogen-bond acceptors (Lipinski definition) is 1. The molecule has 120 valence electrons. The van der Waals surface area contributed by atoms with E-state index in [1.165, 1.54) is 48.8 Å². The van der Waals surface area contributed by atoms with Crippen LogP contribution in [-0.2, 0) is 6.42 Å². The third-order valence-electron chi connectivity index (χ3n) is 3.93. The minimum absolute atomic E-state index is 0.989. The number of allylic oxidation sites excluding steroid dienone is 1. The Labute approximate surface area is 140 Å². The molecule has 0 atom stereocenters. The Kier molecular flexibility index (Phi) is 7.32. The average Bonchev–Trinajstić information content (AvgIpc) is 2.58. The van der Waals surface area contributed by atoms with E-state index in [1.807, 2.05) is 24.4 Å². The van der Waals surface area contributed by atoms with Crippen LogP contribution in [0.1, 0.15) is 49.3 Å². The highest BCUT2D eigenvalue weighted by Gasteiger charge is 1.93. The normalized spacial score (nSPS) is 11.6. The van der Waals surface area contributed by atoms with E-state index in [-0.39, 0.29) is 0 Å². The summed E-state index contributed by atoms with van der Waals surface area (Å²) in [5, 5.41) is 0. The van der Waals surface area contributed by atoms with Crippen molar-refractivity contribution in [3.8, 4) is 0 Å². The molecule has 0 unspecified atom stereocenters. The van der Waals surface area contributed by atoms with Gasteiger partial charge in [0.05, 0.1) is 5.69 Å². The van der Waals surface area contributed by atoms with Crippen molar-refractivity contribution < 1.29 is 0 Å². The molecule has 0 aromatic heterocycles. The lowest BCUT2D eigenvalue weighted by Gasteiger charge is -2.01. The van der Waals surface area contributed by atoms with Crippen LogP contribution in [0.2, 0.25) is 0 Å². The van der Waals surface area contributed by atoms with Crippen molar-refractivity contribution in [3.63, 3.8) is 0 Å². The minimum atomic E-state index is 0.989. The maximum Gasteiger partial charge on any atom is 0.0629 e. The van der Waals surface area contributed by atoms with Crippen molar-refractivity contribution in [3.05, 3.63) is 71.3 Å². The van der Waals surface area contributed by atoms with Crippen LogP contribution in [0, 0.1) is 6.92 Å². The fourth-order valence-electron chi connectivity index (χ4n) is 2.47.